The van der Waals surface area contributed by atoms with E-state index in [0.29, 0.717) is 44.8 Å². The first-order chi connectivity index (χ1) is 13.1. The monoisotopic (exact) mass is 391 g/mol. The molecular formula is C19H25N3O6. The van der Waals surface area contributed by atoms with Crippen LogP contribution in [-0.4, -0.2) is 64.6 Å². The smallest absolute Gasteiger partial charge is 0.410 e. The third-order valence-electron chi connectivity index (χ3n) is 4.72. The Hall–Kier alpha value is -2.84. The van der Waals surface area contributed by atoms with E-state index in [1.54, 1.807) is 15.9 Å². The average molecular weight is 391 g/mol. The minimum absolute atomic E-state index is 0.0189. The summed E-state index contributed by atoms with van der Waals surface area (Å²) in [5.41, 5.74) is 0.209. The lowest BCUT2D eigenvalue weighted by atomic mass is 10.0. The van der Waals surface area contributed by atoms with Gasteiger partial charge in [0, 0.05) is 43.9 Å². The fourth-order valence-electron chi connectivity index (χ4n) is 3.30. The summed E-state index contributed by atoms with van der Waals surface area (Å²) in [5, 5.41) is 10.9. The zero-order valence-electron chi connectivity index (χ0n) is 16.3. The highest BCUT2D eigenvalue weighted by Gasteiger charge is 2.34. The molecule has 1 fully saturated rings. The number of nitro benzene ring substituents is 1. The lowest BCUT2D eigenvalue weighted by Gasteiger charge is -2.37. The fourth-order valence-corrected chi connectivity index (χ4v) is 3.30. The summed E-state index contributed by atoms with van der Waals surface area (Å²) < 4.78 is 11.2. The molecule has 1 saturated heterocycles. The number of nitrogens with zero attached hydrogens (tertiary/aromatic N) is 3. The highest BCUT2D eigenvalue weighted by atomic mass is 16.6. The Morgan fingerprint density at radius 3 is 2.43 bits per heavy atom. The summed E-state index contributed by atoms with van der Waals surface area (Å²) in [7, 11) is 0. The molecular weight excluding hydrogens is 366 g/mol. The minimum atomic E-state index is -0.609. The van der Waals surface area contributed by atoms with Crippen molar-refractivity contribution in [2.24, 2.45) is 0 Å². The molecule has 9 heteroatoms. The maximum atomic E-state index is 12.8. The molecule has 1 aromatic rings. The number of aryl methyl sites for hydroxylation is 1. The molecule has 0 aromatic heterocycles. The molecule has 152 valence electrons. The topological polar surface area (TPSA) is 102 Å². The van der Waals surface area contributed by atoms with Gasteiger partial charge in [0.05, 0.1) is 4.92 Å². The van der Waals surface area contributed by atoms with Crippen LogP contribution in [0.3, 0.4) is 0 Å². The molecule has 3 rings (SSSR count). The number of non-ortho nitro benzene ring substituents is 1. The van der Waals surface area contributed by atoms with Crippen LogP contribution in [0.4, 0.5) is 10.5 Å². The number of amides is 2. The molecule has 2 aliphatic rings. The van der Waals surface area contributed by atoms with Crippen LogP contribution < -0.4 is 4.74 Å². The van der Waals surface area contributed by atoms with E-state index >= 15 is 0 Å². The van der Waals surface area contributed by atoms with Crippen molar-refractivity contribution in [3.8, 4) is 5.75 Å². The number of piperazine rings is 1. The van der Waals surface area contributed by atoms with Gasteiger partial charge in [0.25, 0.3) is 11.6 Å². The Labute approximate surface area is 163 Å². The first kappa shape index (κ1) is 19.9. The summed E-state index contributed by atoms with van der Waals surface area (Å²) in [6, 6.07) is 4.42. The summed E-state index contributed by atoms with van der Waals surface area (Å²) in [4.78, 5) is 38.7. The van der Waals surface area contributed by atoms with Crippen molar-refractivity contribution in [1.29, 1.82) is 0 Å². The molecule has 2 heterocycles. The van der Waals surface area contributed by atoms with Crippen molar-refractivity contribution < 1.29 is 24.0 Å². The number of ether oxygens (including phenoxy) is 2. The van der Waals surface area contributed by atoms with Crippen LogP contribution in [0.25, 0.3) is 0 Å². The van der Waals surface area contributed by atoms with Crippen molar-refractivity contribution in [3.05, 3.63) is 33.9 Å². The molecule has 1 unspecified atom stereocenters. The van der Waals surface area contributed by atoms with Crippen molar-refractivity contribution in [2.45, 2.75) is 45.3 Å². The van der Waals surface area contributed by atoms with Gasteiger partial charge >= 0.3 is 6.09 Å². The van der Waals surface area contributed by atoms with E-state index in [2.05, 4.69) is 0 Å². The highest BCUT2D eigenvalue weighted by Crippen LogP contribution is 2.31. The Balaban J connectivity index is 1.56. The van der Waals surface area contributed by atoms with Gasteiger partial charge in [0.2, 0.25) is 0 Å². The summed E-state index contributed by atoms with van der Waals surface area (Å²) in [5.74, 6) is 0.399. The quantitative estimate of drug-likeness (QED) is 0.566. The second kappa shape index (κ2) is 7.65. The van der Waals surface area contributed by atoms with Crippen molar-refractivity contribution in [2.75, 3.05) is 26.2 Å². The number of carbonyl (C=O) groups excluding carboxylic acids is 2. The fraction of sp³-hybridized carbons (Fsp3) is 0.579. The van der Waals surface area contributed by atoms with Crippen LogP contribution in [0.5, 0.6) is 5.75 Å². The molecule has 0 aliphatic carbocycles. The lowest BCUT2D eigenvalue weighted by Crippen LogP contribution is -2.54. The molecule has 28 heavy (non-hydrogen) atoms. The summed E-state index contributed by atoms with van der Waals surface area (Å²) >= 11 is 0. The van der Waals surface area contributed by atoms with E-state index < -0.39 is 16.6 Å². The van der Waals surface area contributed by atoms with Gasteiger partial charge in [-0.1, -0.05) is 0 Å². The maximum Gasteiger partial charge on any atom is 0.410 e. The number of hydrogen-bond acceptors (Lipinski definition) is 6. The number of carbonyl (C=O) groups is 2. The molecule has 0 radical (unpaired) electrons. The number of rotatable bonds is 2. The van der Waals surface area contributed by atoms with Crippen molar-refractivity contribution >= 4 is 17.7 Å². The molecule has 2 aliphatic heterocycles. The third kappa shape index (κ3) is 4.52. The molecule has 2 amide bonds. The molecule has 9 nitrogen and oxygen atoms in total. The number of nitro groups is 1. The number of hydrogen-bond donors (Lipinski definition) is 0. The molecule has 0 spiro atoms. The van der Waals surface area contributed by atoms with Gasteiger partial charge in [-0.15, -0.1) is 0 Å². The normalized spacial score (nSPS) is 19.5. The van der Waals surface area contributed by atoms with E-state index in [-0.39, 0.29) is 17.7 Å². The first-order valence-corrected chi connectivity index (χ1v) is 9.35. The second-order valence-corrected chi connectivity index (χ2v) is 7.99. The number of benzene rings is 1. The van der Waals surface area contributed by atoms with Crippen LogP contribution in [0.1, 0.15) is 32.8 Å². The lowest BCUT2D eigenvalue weighted by molar-refractivity contribution is -0.385. The predicted molar refractivity (Wildman–Crippen MR) is 100 cm³/mol. The Bertz CT molecular complexity index is 780. The summed E-state index contributed by atoms with van der Waals surface area (Å²) in [6.45, 7) is 7.12. The molecule has 0 N–H and O–H groups in total. The third-order valence-corrected chi connectivity index (χ3v) is 4.72. The Morgan fingerprint density at radius 2 is 1.82 bits per heavy atom. The van der Waals surface area contributed by atoms with Gasteiger partial charge in [-0.2, -0.15) is 0 Å². The van der Waals surface area contributed by atoms with E-state index in [4.69, 9.17) is 9.47 Å². The predicted octanol–water partition coefficient (Wildman–Crippen LogP) is 2.37. The maximum absolute atomic E-state index is 12.8. The zero-order valence-corrected chi connectivity index (χ0v) is 16.3. The van der Waals surface area contributed by atoms with Gasteiger partial charge in [-0.25, -0.2) is 4.79 Å². The molecule has 0 bridgehead atoms. The molecule has 1 aromatic carbocycles. The second-order valence-electron chi connectivity index (χ2n) is 7.99. The average Bonchev–Trinajstić information content (AvgIpc) is 2.65. The van der Waals surface area contributed by atoms with Crippen molar-refractivity contribution in [3.63, 3.8) is 0 Å². The van der Waals surface area contributed by atoms with Crippen LogP contribution in [0.15, 0.2) is 18.2 Å². The zero-order chi connectivity index (χ0) is 20.5. The van der Waals surface area contributed by atoms with Crippen LogP contribution in [-0.2, 0) is 16.0 Å². The first-order valence-electron chi connectivity index (χ1n) is 9.35. The minimum Gasteiger partial charge on any atom is -0.480 e. The number of fused-ring (bicyclic) bond motifs is 1. The molecule has 1 atom stereocenters. The Morgan fingerprint density at radius 1 is 1.18 bits per heavy atom. The van der Waals surface area contributed by atoms with Crippen molar-refractivity contribution in [1.82, 2.24) is 9.80 Å². The van der Waals surface area contributed by atoms with Gasteiger partial charge in [0.1, 0.15) is 11.4 Å². The highest BCUT2D eigenvalue weighted by molar-refractivity contribution is 5.82. The standard InChI is InChI=1S/C19H25N3O6/c1-19(2,3)28-18(24)21-10-8-20(9-11-21)17(23)16-6-4-13-12-14(22(25)26)5-7-15(13)27-16/h5,7,12,16H,4,6,8-11H2,1-3H3. The SMILES string of the molecule is CC(C)(C)OC(=O)N1CCN(C(=O)C2CCc3cc([N+](=O)[O-])ccc3O2)CC1. The van der Waals surface area contributed by atoms with Gasteiger partial charge in [-0.05, 0) is 39.7 Å². The van der Waals surface area contributed by atoms with E-state index in [0.717, 1.165) is 5.56 Å². The van der Waals surface area contributed by atoms with Crippen LogP contribution in [0.2, 0.25) is 0 Å². The van der Waals surface area contributed by atoms with Gasteiger partial charge in [-0.3, -0.25) is 14.9 Å². The van der Waals surface area contributed by atoms with Crippen LogP contribution >= 0.6 is 0 Å². The van der Waals surface area contributed by atoms with E-state index in [1.165, 1.54) is 12.1 Å². The molecule has 0 saturated carbocycles. The largest absolute Gasteiger partial charge is 0.480 e. The van der Waals surface area contributed by atoms with Gasteiger partial charge < -0.3 is 19.3 Å². The Kier molecular flexibility index (Phi) is 5.44. The van der Waals surface area contributed by atoms with Gasteiger partial charge in [0.15, 0.2) is 6.10 Å². The van der Waals surface area contributed by atoms with E-state index in [9.17, 15) is 19.7 Å². The van der Waals surface area contributed by atoms with E-state index in [1.807, 2.05) is 20.8 Å². The summed E-state index contributed by atoms with van der Waals surface area (Å²) in [6.07, 6.45) is 0.0379. The van der Waals surface area contributed by atoms with Crippen LogP contribution in [0, 0.1) is 10.1 Å².